The molecule has 1 heterocycles. The lowest BCUT2D eigenvalue weighted by molar-refractivity contribution is 1.28. The van der Waals surface area contributed by atoms with Crippen LogP contribution < -0.4 is 9.80 Å². The van der Waals surface area contributed by atoms with Gasteiger partial charge in [-0.2, -0.15) is 0 Å². The first kappa shape index (κ1) is 41.2. The molecule has 1 aromatic heterocycles. The van der Waals surface area contributed by atoms with E-state index < -0.39 is 0 Å². The Hall–Kier alpha value is -8.50. The Kier molecular flexibility index (Phi) is 11.6. The van der Waals surface area contributed by atoms with E-state index in [1.54, 1.807) is 0 Å². The molecule has 10 aromatic carbocycles. The quantitative estimate of drug-likeness (QED) is 0.121. The van der Waals surface area contributed by atoms with Crippen LogP contribution in [0.4, 0.5) is 34.1 Å². The average Bonchev–Trinajstić information content (AvgIpc) is 3.92. The van der Waals surface area contributed by atoms with Crippen LogP contribution in [0.3, 0.4) is 0 Å². The van der Waals surface area contributed by atoms with Crippen LogP contribution in [0.15, 0.2) is 279 Å². The van der Waals surface area contributed by atoms with Crippen LogP contribution in [0.2, 0.25) is 0 Å². The van der Waals surface area contributed by atoms with Gasteiger partial charge in [0, 0.05) is 43.9 Å². The van der Waals surface area contributed by atoms with Gasteiger partial charge in [-0.05, 0) is 141 Å². The van der Waals surface area contributed by atoms with Gasteiger partial charge in [-0.15, -0.1) is 11.3 Å². The zero-order chi connectivity index (χ0) is 44.8. The van der Waals surface area contributed by atoms with Gasteiger partial charge < -0.3 is 9.80 Å². The van der Waals surface area contributed by atoms with Crippen molar-refractivity contribution in [1.29, 1.82) is 0 Å². The van der Waals surface area contributed by atoms with E-state index in [2.05, 4.69) is 289 Å². The summed E-state index contributed by atoms with van der Waals surface area (Å²) in [5.41, 5.74) is 18.5. The minimum Gasteiger partial charge on any atom is -0.311 e. The Bertz CT molecular complexity index is 3230. The molecule has 0 aliphatic heterocycles. The van der Waals surface area contributed by atoms with Crippen LogP contribution >= 0.6 is 11.3 Å². The fourth-order valence-electron chi connectivity index (χ4n) is 8.83. The summed E-state index contributed by atoms with van der Waals surface area (Å²) in [5, 5.41) is 0. The third kappa shape index (κ3) is 8.97. The van der Waals surface area contributed by atoms with E-state index in [0.29, 0.717) is 0 Å². The number of rotatable bonds is 12. The monoisotopic (exact) mass is 874 g/mol. The van der Waals surface area contributed by atoms with Crippen molar-refractivity contribution < 1.29 is 0 Å². The summed E-state index contributed by atoms with van der Waals surface area (Å²) in [6, 6.07) is 100. The van der Waals surface area contributed by atoms with E-state index in [9.17, 15) is 0 Å². The normalized spacial score (nSPS) is 11.0. The number of hydrogen-bond donors (Lipinski definition) is 0. The fraction of sp³-hybridized carbons (Fsp3) is 0. The zero-order valence-electron chi connectivity index (χ0n) is 36.9. The van der Waals surface area contributed by atoms with Gasteiger partial charge in [0.2, 0.25) is 0 Å². The standard InChI is InChI=1S/C64H46N2S/c1-5-13-47(14-6-1)50-21-33-57(34-22-50)65(58-35-23-51(24-36-58)48-15-7-2-8-16-48)60-39-27-53(28-40-60)54-29-41-61(42-30-54)66(59-37-25-52(26-38-59)49-17-9-3-10-18-49)62-43-31-56(32-44-62)64-46-45-63(67-64)55-19-11-4-12-20-55/h1-46H. The number of thiophene rings is 1. The first-order valence-corrected chi connectivity index (χ1v) is 23.5. The second-order valence-corrected chi connectivity index (χ2v) is 17.7. The molecular weight excluding hydrogens is 829 g/mol. The van der Waals surface area contributed by atoms with Crippen LogP contribution in [-0.2, 0) is 0 Å². The van der Waals surface area contributed by atoms with Crippen LogP contribution in [-0.4, -0.2) is 0 Å². The van der Waals surface area contributed by atoms with Gasteiger partial charge in [0.25, 0.3) is 0 Å². The smallest absolute Gasteiger partial charge is 0.0462 e. The topological polar surface area (TPSA) is 6.48 Å². The van der Waals surface area contributed by atoms with Gasteiger partial charge in [-0.3, -0.25) is 0 Å². The highest BCUT2D eigenvalue weighted by atomic mass is 32.1. The van der Waals surface area contributed by atoms with Crippen molar-refractivity contribution in [1.82, 2.24) is 0 Å². The fourth-order valence-corrected chi connectivity index (χ4v) is 9.84. The molecule has 0 atom stereocenters. The van der Waals surface area contributed by atoms with Crippen LogP contribution in [0, 0.1) is 0 Å². The first-order chi connectivity index (χ1) is 33.2. The Morgan fingerprint density at radius 2 is 0.343 bits per heavy atom. The Labute approximate surface area is 397 Å². The van der Waals surface area contributed by atoms with Crippen molar-refractivity contribution in [2.75, 3.05) is 9.80 Å². The molecule has 67 heavy (non-hydrogen) atoms. The number of anilines is 6. The molecule has 11 aromatic rings. The molecule has 0 bridgehead atoms. The third-order valence-corrected chi connectivity index (χ3v) is 13.5. The predicted molar refractivity (Wildman–Crippen MR) is 286 cm³/mol. The van der Waals surface area contributed by atoms with E-state index in [-0.39, 0.29) is 0 Å². The molecule has 0 radical (unpaired) electrons. The zero-order valence-corrected chi connectivity index (χ0v) is 37.7. The highest BCUT2D eigenvalue weighted by Crippen LogP contribution is 2.41. The molecule has 0 spiro atoms. The molecule has 0 unspecified atom stereocenters. The highest BCUT2D eigenvalue weighted by molar-refractivity contribution is 7.18. The highest BCUT2D eigenvalue weighted by Gasteiger charge is 2.17. The molecular formula is C64H46N2S. The summed E-state index contributed by atoms with van der Waals surface area (Å²) in [5.74, 6) is 0. The second kappa shape index (κ2) is 18.9. The van der Waals surface area contributed by atoms with Crippen LogP contribution in [0.1, 0.15) is 0 Å². The molecule has 0 fully saturated rings. The largest absolute Gasteiger partial charge is 0.311 e. The van der Waals surface area contributed by atoms with Gasteiger partial charge in [0.15, 0.2) is 0 Å². The lowest BCUT2D eigenvalue weighted by Gasteiger charge is -2.27. The maximum atomic E-state index is 2.35. The summed E-state index contributed by atoms with van der Waals surface area (Å²) in [6.45, 7) is 0. The van der Waals surface area contributed by atoms with Crippen LogP contribution in [0.25, 0.3) is 65.4 Å². The Balaban J connectivity index is 0.896. The lowest BCUT2D eigenvalue weighted by Crippen LogP contribution is -2.10. The van der Waals surface area contributed by atoms with E-state index in [0.717, 1.165) is 45.3 Å². The molecule has 0 N–H and O–H groups in total. The minimum atomic E-state index is 1.09. The van der Waals surface area contributed by atoms with Gasteiger partial charge >= 0.3 is 0 Å². The van der Waals surface area contributed by atoms with Crippen molar-refractivity contribution in [3.05, 3.63) is 279 Å². The molecule has 3 heteroatoms. The summed E-state index contributed by atoms with van der Waals surface area (Å²) < 4.78 is 0. The lowest BCUT2D eigenvalue weighted by atomic mass is 10.0. The average molecular weight is 875 g/mol. The molecule has 318 valence electrons. The maximum Gasteiger partial charge on any atom is 0.0462 e. The van der Waals surface area contributed by atoms with E-state index in [1.165, 1.54) is 54.3 Å². The first-order valence-electron chi connectivity index (χ1n) is 22.7. The van der Waals surface area contributed by atoms with E-state index in [1.807, 2.05) is 11.3 Å². The van der Waals surface area contributed by atoms with Gasteiger partial charge in [-0.1, -0.05) is 194 Å². The number of hydrogen-bond acceptors (Lipinski definition) is 3. The van der Waals surface area contributed by atoms with Crippen LogP contribution in [0.5, 0.6) is 0 Å². The summed E-state index contributed by atoms with van der Waals surface area (Å²) in [6.07, 6.45) is 0. The minimum absolute atomic E-state index is 1.09. The van der Waals surface area contributed by atoms with Crippen molar-refractivity contribution >= 4 is 45.5 Å². The summed E-state index contributed by atoms with van der Waals surface area (Å²) >= 11 is 1.83. The van der Waals surface area contributed by atoms with E-state index >= 15 is 0 Å². The molecule has 11 rings (SSSR count). The van der Waals surface area contributed by atoms with Gasteiger partial charge in [0.1, 0.15) is 0 Å². The predicted octanol–water partition coefficient (Wildman–Crippen LogP) is 18.7. The molecule has 0 saturated carbocycles. The van der Waals surface area contributed by atoms with Crippen molar-refractivity contribution in [3.63, 3.8) is 0 Å². The van der Waals surface area contributed by atoms with Gasteiger partial charge in [-0.25, -0.2) is 0 Å². The maximum absolute atomic E-state index is 2.35. The summed E-state index contributed by atoms with van der Waals surface area (Å²) in [7, 11) is 0. The molecule has 0 aliphatic carbocycles. The van der Waals surface area contributed by atoms with E-state index in [4.69, 9.17) is 0 Å². The Morgan fingerprint density at radius 3 is 0.582 bits per heavy atom. The Morgan fingerprint density at radius 1 is 0.164 bits per heavy atom. The molecule has 0 saturated heterocycles. The SMILES string of the molecule is c1ccc(-c2ccc(N(c3ccc(-c4ccccc4)cc3)c3ccc(-c4ccc(N(c5ccc(-c6ccccc6)cc5)c5ccc(-c6ccc(-c7ccccc7)s6)cc5)cc4)cc3)cc2)cc1. The third-order valence-electron chi connectivity index (χ3n) is 12.4. The van der Waals surface area contributed by atoms with Gasteiger partial charge in [0.05, 0.1) is 0 Å². The second-order valence-electron chi connectivity index (χ2n) is 16.6. The summed E-state index contributed by atoms with van der Waals surface area (Å²) in [4.78, 5) is 7.21. The number of benzene rings is 10. The molecule has 0 aliphatic rings. The van der Waals surface area contributed by atoms with Crippen molar-refractivity contribution in [3.8, 4) is 65.4 Å². The molecule has 0 amide bonds. The van der Waals surface area contributed by atoms with Crippen molar-refractivity contribution in [2.45, 2.75) is 0 Å². The number of nitrogens with zero attached hydrogens (tertiary/aromatic N) is 2. The van der Waals surface area contributed by atoms with Crippen molar-refractivity contribution in [2.24, 2.45) is 0 Å². The molecule has 2 nitrogen and oxygen atoms in total.